The topological polar surface area (TPSA) is 106 Å². The molecule has 0 aliphatic carbocycles. The zero-order chi connectivity index (χ0) is 24.3. The fourth-order valence-electron chi connectivity index (χ4n) is 3.24. The summed E-state index contributed by atoms with van der Waals surface area (Å²) >= 11 is 0. The van der Waals surface area contributed by atoms with Gasteiger partial charge in [0.05, 0.1) is 20.3 Å². The van der Waals surface area contributed by atoms with Gasteiger partial charge in [0.2, 0.25) is 5.91 Å². The van der Waals surface area contributed by atoms with E-state index in [0.717, 1.165) is 24.3 Å². The molecule has 0 radical (unpaired) electrons. The van der Waals surface area contributed by atoms with Gasteiger partial charge in [0.15, 0.2) is 6.61 Å². The molecule has 1 atom stereocenters. The molecule has 1 saturated heterocycles. The molecule has 1 aliphatic heterocycles. The summed E-state index contributed by atoms with van der Waals surface area (Å²) < 4.78 is 15.5. The second-order valence-electron chi connectivity index (χ2n) is 7.64. The minimum atomic E-state index is -0.909. The van der Waals surface area contributed by atoms with Gasteiger partial charge >= 0.3 is 5.97 Å². The Bertz CT molecular complexity index is 998. The molecule has 180 valence electrons. The highest BCUT2D eigenvalue weighted by Gasteiger charge is 2.17. The Morgan fingerprint density at radius 2 is 1.74 bits per heavy atom. The third-order valence-corrected chi connectivity index (χ3v) is 5.13. The maximum absolute atomic E-state index is 12.1. The highest BCUT2D eigenvalue weighted by Crippen LogP contribution is 2.19. The third-order valence-electron chi connectivity index (χ3n) is 5.13. The van der Waals surface area contributed by atoms with Crippen molar-refractivity contribution in [1.29, 1.82) is 0 Å². The summed E-state index contributed by atoms with van der Waals surface area (Å²) in [5.41, 5.74) is 2.46. The Morgan fingerprint density at radius 3 is 2.38 bits per heavy atom. The standard InChI is InChI=1S/C25H29N3O6/c1-18(26-23(29)12-5-19-3-10-22(32-2)11-4-19)25(31)34-17-24(30)27-20-6-8-21(9-7-20)28-13-15-33-16-14-28/h3-12,18H,13-17H2,1-2H3,(H,26,29)(H,27,30)/t18-/m0/s1. The number of carbonyl (C=O) groups is 3. The van der Waals surface area contributed by atoms with Gasteiger partial charge in [0.25, 0.3) is 5.91 Å². The highest BCUT2D eigenvalue weighted by molar-refractivity contribution is 5.96. The zero-order valence-electron chi connectivity index (χ0n) is 19.3. The van der Waals surface area contributed by atoms with Crippen molar-refractivity contribution in [2.24, 2.45) is 0 Å². The monoisotopic (exact) mass is 467 g/mol. The van der Waals surface area contributed by atoms with Crippen molar-refractivity contribution in [2.45, 2.75) is 13.0 Å². The lowest BCUT2D eigenvalue weighted by Crippen LogP contribution is -2.39. The normalized spacial score (nSPS) is 14.4. The van der Waals surface area contributed by atoms with Crippen LogP contribution < -0.4 is 20.3 Å². The molecule has 0 bridgehead atoms. The summed E-state index contributed by atoms with van der Waals surface area (Å²) in [6, 6.07) is 13.7. The van der Waals surface area contributed by atoms with Crippen molar-refractivity contribution in [3.8, 4) is 5.75 Å². The number of esters is 1. The van der Waals surface area contributed by atoms with E-state index < -0.39 is 30.4 Å². The van der Waals surface area contributed by atoms with Gasteiger partial charge in [-0.25, -0.2) is 4.79 Å². The van der Waals surface area contributed by atoms with Crippen LogP contribution in [0.15, 0.2) is 54.6 Å². The van der Waals surface area contributed by atoms with E-state index in [4.69, 9.17) is 14.2 Å². The lowest BCUT2D eigenvalue weighted by atomic mass is 10.2. The van der Waals surface area contributed by atoms with Gasteiger partial charge in [-0.1, -0.05) is 12.1 Å². The molecule has 2 aromatic rings. The number of hydrogen-bond acceptors (Lipinski definition) is 7. The van der Waals surface area contributed by atoms with Crippen molar-refractivity contribution in [3.63, 3.8) is 0 Å². The van der Waals surface area contributed by atoms with Gasteiger partial charge in [-0.05, 0) is 55.0 Å². The molecule has 2 amide bonds. The molecule has 9 heteroatoms. The van der Waals surface area contributed by atoms with Gasteiger partial charge in [-0.2, -0.15) is 0 Å². The summed E-state index contributed by atoms with van der Waals surface area (Å²) in [5.74, 6) is -0.911. The van der Waals surface area contributed by atoms with Crippen LogP contribution in [0.3, 0.4) is 0 Å². The maximum atomic E-state index is 12.1. The Hall–Kier alpha value is -3.85. The molecule has 0 saturated carbocycles. The van der Waals surface area contributed by atoms with Crippen LogP contribution in [0.4, 0.5) is 11.4 Å². The van der Waals surface area contributed by atoms with Crippen molar-refractivity contribution >= 4 is 35.2 Å². The first-order valence-corrected chi connectivity index (χ1v) is 11.0. The molecule has 0 aromatic heterocycles. The molecule has 9 nitrogen and oxygen atoms in total. The van der Waals surface area contributed by atoms with Crippen LogP contribution in [0, 0.1) is 0 Å². The molecule has 2 aromatic carbocycles. The molecule has 0 spiro atoms. The Labute approximate surface area is 198 Å². The molecule has 2 N–H and O–H groups in total. The van der Waals surface area contributed by atoms with Crippen LogP contribution >= 0.6 is 0 Å². The fourth-order valence-corrected chi connectivity index (χ4v) is 3.24. The molecule has 1 aliphatic rings. The molecule has 34 heavy (non-hydrogen) atoms. The third kappa shape index (κ3) is 7.63. The highest BCUT2D eigenvalue weighted by atomic mass is 16.5. The molecular weight excluding hydrogens is 438 g/mol. The predicted octanol–water partition coefficient (Wildman–Crippen LogP) is 2.23. The lowest BCUT2D eigenvalue weighted by Gasteiger charge is -2.28. The van der Waals surface area contributed by atoms with Crippen LogP contribution in [0.1, 0.15) is 12.5 Å². The number of anilines is 2. The van der Waals surface area contributed by atoms with Gasteiger partial charge in [0, 0.05) is 30.5 Å². The predicted molar refractivity (Wildman–Crippen MR) is 129 cm³/mol. The number of nitrogens with zero attached hydrogens (tertiary/aromatic N) is 1. The Kier molecular flexibility index (Phi) is 9.04. The number of rotatable bonds is 9. The summed E-state index contributed by atoms with van der Waals surface area (Å²) in [7, 11) is 1.58. The summed E-state index contributed by atoms with van der Waals surface area (Å²) in [6.07, 6.45) is 2.93. The van der Waals surface area contributed by atoms with Gasteiger partial charge in [-0.3, -0.25) is 9.59 Å². The van der Waals surface area contributed by atoms with Crippen molar-refractivity contribution < 1.29 is 28.6 Å². The summed E-state index contributed by atoms with van der Waals surface area (Å²) in [5, 5.41) is 5.20. The van der Waals surface area contributed by atoms with E-state index in [2.05, 4.69) is 15.5 Å². The van der Waals surface area contributed by atoms with Crippen LogP contribution in [0.5, 0.6) is 5.75 Å². The van der Waals surface area contributed by atoms with E-state index in [9.17, 15) is 14.4 Å². The largest absolute Gasteiger partial charge is 0.497 e. The van der Waals surface area contributed by atoms with Crippen molar-refractivity contribution in [1.82, 2.24) is 5.32 Å². The quantitative estimate of drug-likeness (QED) is 0.430. The van der Waals surface area contributed by atoms with Gasteiger partial charge in [-0.15, -0.1) is 0 Å². The summed E-state index contributed by atoms with van der Waals surface area (Å²) in [6.45, 7) is 4.08. The maximum Gasteiger partial charge on any atom is 0.328 e. The van der Waals surface area contributed by atoms with E-state index in [1.807, 2.05) is 12.1 Å². The number of ether oxygens (including phenoxy) is 3. The SMILES string of the molecule is COc1ccc(C=CC(=O)N[C@@H](C)C(=O)OCC(=O)Nc2ccc(N3CCOCC3)cc2)cc1. The van der Waals surface area contributed by atoms with Crippen LogP contribution in [-0.4, -0.2) is 63.8 Å². The van der Waals surface area contributed by atoms with E-state index in [-0.39, 0.29) is 0 Å². The van der Waals surface area contributed by atoms with Gasteiger partial charge in [0.1, 0.15) is 11.8 Å². The number of carbonyl (C=O) groups excluding carboxylic acids is 3. The molecule has 0 unspecified atom stereocenters. The Morgan fingerprint density at radius 1 is 1.06 bits per heavy atom. The van der Waals surface area contributed by atoms with E-state index in [1.165, 1.54) is 13.0 Å². The van der Waals surface area contributed by atoms with Crippen LogP contribution in [0.25, 0.3) is 6.08 Å². The first kappa shape index (κ1) is 24.8. The zero-order valence-corrected chi connectivity index (χ0v) is 19.3. The number of benzene rings is 2. The minimum absolute atomic E-state index is 0.452. The number of amides is 2. The smallest absolute Gasteiger partial charge is 0.328 e. The number of morpholine rings is 1. The van der Waals surface area contributed by atoms with Crippen molar-refractivity contribution in [2.75, 3.05) is 50.2 Å². The molecular formula is C25H29N3O6. The van der Waals surface area contributed by atoms with E-state index >= 15 is 0 Å². The number of nitrogens with one attached hydrogen (secondary N) is 2. The van der Waals surface area contributed by atoms with E-state index in [1.54, 1.807) is 49.6 Å². The molecule has 1 heterocycles. The minimum Gasteiger partial charge on any atom is -0.497 e. The van der Waals surface area contributed by atoms with Crippen LogP contribution in [0.2, 0.25) is 0 Å². The fraction of sp³-hybridized carbons (Fsp3) is 0.320. The average molecular weight is 468 g/mol. The summed E-state index contributed by atoms with van der Waals surface area (Å²) in [4.78, 5) is 38.5. The average Bonchev–Trinajstić information content (AvgIpc) is 2.87. The molecule has 1 fully saturated rings. The lowest BCUT2D eigenvalue weighted by molar-refractivity contribution is -0.149. The van der Waals surface area contributed by atoms with Crippen LogP contribution in [-0.2, 0) is 23.9 Å². The second kappa shape index (κ2) is 12.4. The first-order valence-electron chi connectivity index (χ1n) is 11.0. The van der Waals surface area contributed by atoms with Gasteiger partial charge < -0.3 is 29.7 Å². The number of hydrogen-bond donors (Lipinski definition) is 2. The first-order chi connectivity index (χ1) is 16.4. The Balaban J connectivity index is 1.39. The number of methoxy groups -OCH3 is 1. The van der Waals surface area contributed by atoms with E-state index in [0.29, 0.717) is 24.7 Å². The molecule has 3 rings (SSSR count). The van der Waals surface area contributed by atoms with Crippen molar-refractivity contribution in [3.05, 3.63) is 60.2 Å². The second-order valence-corrected chi connectivity index (χ2v) is 7.64.